The summed E-state index contributed by atoms with van der Waals surface area (Å²) in [4.78, 5) is 10.9. The van der Waals surface area contributed by atoms with Crippen LogP contribution >= 0.6 is 11.3 Å². The normalized spacial score (nSPS) is 22.9. The van der Waals surface area contributed by atoms with Gasteiger partial charge in [0.1, 0.15) is 10.6 Å². The van der Waals surface area contributed by atoms with Crippen molar-refractivity contribution in [2.45, 2.75) is 44.8 Å². The van der Waals surface area contributed by atoms with Crippen molar-refractivity contribution < 1.29 is 5.11 Å². The molecular formula is C13H19N5OS. The van der Waals surface area contributed by atoms with Gasteiger partial charge in [0, 0.05) is 10.9 Å². The summed E-state index contributed by atoms with van der Waals surface area (Å²) in [6, 6.07) is 2.45. The van der Waals surface area contributed by atoms with E-state index in [1.54, 1.807) is 11.3 Å². The third kappa shape index (κ3) is 2.70. The first kappa shape index (κ1) is 13.5. The second kappa shape index (κ2) is 5.51. The van der Waals surface area contributed by atoms with Crippen molar-refractivity contribution in [2.24, 2.45) is 5.84 Å². The highest BCUT2D eigenvalue weighted by molar-refractivity contribution is 7.18. The first-order valence-corrected chi connectivity index (χ1v) is 7.67. The van der Waals surface area contributed by atoms with Crippen LogP contribution < -0.4 is 16.6 Å². The average Bonchev–Trinajstić information content (AvgIpc) is 2.81. The lowest BCUT2D eigenvalue weighted by atomic mass is 9.93. The largest absolute Gasteiger partial charge is 0.393 e. The number of aliphatic hydroxyl groups excluding tert-OH is 1. The van der Waals surface area contributed by atoms with E-state index in [-0.39, 0.29) is 6.10 Å². The third-order valence-electron chi connectivity index (χ3n) is 3.68. The molecule has 1 aliphatic carbocycles. The highest BCUT2D eigenvalue weighted by atomic mass is 32.1. The summed E-state index contributed by atoms with van der Waals surface area (Å²) in [5.74, 6) is 6.69. The number of anilines is 2. The minimum Gasteiger partial charge on any atom is -0.393 e. The number of nitrogens with one attached hydrogen (secondary N) is 2. The number of aliphatic hydroxyl groups is 1. The van der Waals surface area contributed by atoms with Gasteiger partial charge in [0.2, 0.25) is 5.95 Å². The van der Waals surface area contributed by atoms with Crippen molar-refractivity contribution in [3.8, 4) is 0 Å². The fraction of sp³-hybridized carbons (Fsp3) is 0.538. The predicted molar refractivity (Wildman–Crippen MR) is 81.8 cm³/mol. The molecule has 5 N–H and O–H groups in total. The molecule has 0 bridgehead atoms. The van der Waals surface area contributed by atoms with Gasteiger partial charge in [0.25, 0.3) is 0 Å². The van der Waals surface area contributed by atoms with Crippen LogP contribution in [0, 0.1) is 6.92 Å². The Kier molecular flexibility index (Phi) is 3.73. The van der Waals surface area contributed by atoms with Crippen molar-refractivity contribution >= 4 is 33.3 Å². The fourth-order valence-electron chi connectivity index (χ4n) is 2.63. The van der Waals surface area contributed by atoms with E-state index in [1.165, 1.54) is 4.88 Å². The molecule has 7 heteroatoms. The molecular weight excluding hydrogens is 274 g/mol. The highest BCUT2D eigenvalue weighted by Crippen LogP contribution is 2.31. The fourth-order valence-corrected chi connectivity index (χ4v) is 3.51. The first-order valence-electron chi connectivity index (χ1n) is 6.85. The van der Waals surface area contributed by atoms with Crippen LogP contribution in [-0.2, 0) is 0 Å². The molecule has 1 saturated carbocycles. The lowest BCUT2D eigenvalue weighted by Crippen LogP contribution is -2.28. The number of fused-ring (bicyclic) bond motifs is 1. The molecule has 0 saturated heterocycles. The van der Waals surface area contributed by atoms with Crippen molar-refractivity contribution in [3.63, 3.8) is 0 Å². The van der Waals surface area contributed by atoms with Crippen LogP contribution in [0.4, 0.5) is 11.8 Å². The lowest BCUT2D eigenvalue weighted by molar-refractivity contribution is 0.126. The molecule has 2 heterocycles. The van der Waals surface area contributed by atoms with Gasteiger partial charge in [-0.15, -0.1) is 11.3 Å². The zero-order chi connectivity index (χ0) is 14.1. The summed E-state index contributed by atoms with van der Waals surface area (Å²) < 4.78 is 0. The number of hydrazine groups is 1. The molecule has 3 rings (SSSR count). The first-order chi connectivity index (χ1) is 9.65. The Hall–Kier alpha value is -1.44. The molecule has 1 aliphatic rings. The summed E-state index contributed by atoms with van der Waals surface area (Å²) >= 11 is 1.63. The SMILES string of the molecule is Cc1cc2c(NC3CCC(O)CC3)nc(NN)nc2s1. The maximum atomic E-state index is 9.57. The van der Waals surface area contributed by atoms with Crippen molar-refractivity contribution in [3.05, 3.63) is 10.9 Å². The smallest absolute Gasteiger partial charge is 0.240 e. The number of hydrogen-bond donors (Lipinski definition) is 4. The molecule has 108 valence electrons. The number of nitrogens with two attached hydrogens (primary N) is 1. The van der Waals surface area contributed by atoms with Gasteiger partial charge in [0.15, 0.2) is 0 Å². The van der Waals surface area contributed by atoms with Crippen LogP contribution in [0.1, 0.15) is 30.6 Å². The third-order valence-corrected chi connectivity index (χ3v) is 4.63. The van der Waals surface area contributed by atoms with E-state index in [4.69, 9.17) is 5.84 Å². The van der Waals surface area contributed by atoms with Crippen molar-refractivity contribution in [1.29, 1.82) is 0 Å². The number of hydrogen-bond acceptors (Lipinski definition) is 7. The quantitative estimate of drug-likeness (QED) is 0.510. The predicted octanol–water partition coefficient (Wildman–Crippen LogP) is 2.00. The summed E-state index contributed by atoms with van der Waals surface area (Å²) in [6.45, 7) is 2.06. The Labute approximate surface area is 121 Å². The van der Waals surface area contributed by atoms with Gasteiger partial charge >= 0.3 is 0 Å². The molecule has 0 aliphatic heterocycles. The summed E-state index contributed by atoms with van der Waals surface area (Å²) in [5.41, 5.74) is 2.52. The summed E-state index contributed by atoms with van der Waals surface area (Å²) in [5, 5.41) is 14.1. The van der Waals surface area contributed by atoms with E-state index < -0.39 is 0 Å². The maximum Gasteiger partial charge on any atom is 0.240 e. The Morgan fingerprint density at radius 3 is 2.75 bits per heavy atom. The lowest BCUT2D eigenvalue weighted by Gasteiger charge is -2.26. The number of thiophene rings is 1. The van der Waals surface area contributed by atoms with E-state index in [9.17, 15) is 5.11 Å². The van der Waals surface area contributed by atoms with Crippen LogP contribution in [0.3, 0.4) is 0 Å². The molecule has 2 aromatic heterocycles. The topological polar surface area (TPSA) is 96.1 Å². The van der Waals surface area contributed by atoms with Crippen LogP contribution in [0.25, 0.3) is 10.2 Å². The molecule has 6 nitrogen and oxygen atoms in total. The van der Waals surface area contributed by atoms with Gasteiger partial charge < -0.3 is 10.4 Å². The van der Waals surface area contributed by atoms with Crippen molar-refractivity contribution in [2.75, 3.05) is 10.7 Å². The standard InChI is InChI=1S/C13H19N5OS/c1-7-6-10-11(15-8-2-4-9(19)5-3-8)16-13(18-14)17-12(10)20-7/h6,8-9,19H,2-5,14H2,1H3,(H2,15,16,17,18). The van der Waals surface area contributed by atoms with Gasteiger partial charge in [-0.3, -0.25) is 5.43 Å². The molecule has 0 atom stereocenters. The number of aryl methyl sites for hydroxylation is 1. The van der Waals surface area contributed by atoms with Crippen LogP contribution in [-0.4, -0.2) is 27.2 Å². The Morgan fingerprint density at radius 2 is 2.05 bits per heavy atom. The zero-order valence-electron chi connectivity index (χ0n) is 11.4. The molecule has 0 aromatic carbocycles. The van der Waals surface area contributed by atoms with Gasteiger partial charge in [-0.25, -0.2) is 10.8 Å². The van der Waals surface area contributed by atoms with E-state index in [0.717, 1.165) is 41.7 Å². The second-order valence-corrected chi connectivity index (χ2v) is 6.50. The maximum absolute atomic E-state index is 9.57. The van der Waals surface area contributed by atoms with E-state index in [0.29, 0.717) is 12.0 Å². The summed E-state index contributed by atoms with van der Waals surface area (Å²) in [7, 11) is 0. The monoisotopic (exact) mass is 293 g/mol. The van der Waals surface area contributed by atoms with Gasteiger partial charge in [-0.2, -0.15) is 4.98 Å². The van der Waals surface area contributed by atoms with Crippen LogP contribution in [0.2, 0.25) is 0 Å². The molecule has 20 heavy (non-hydrogen) atoms. The van der Waals surface area contributed by atoms with E-state index in [2.05, 4.69) is 33.7 Å². The highest BCUT2D eigenvalue weighted by Gasteiger charge is 2.21. The Bertz CT molecular complexity index is 606. The number of nitrogens with zero attached hydrogens (tertiary/aromatic N) is 2. The Morgan fingerprint density at radius 1 is 1.30 bits per heavy atom. The van der Waals surface area contributed by atoms with Crippen LogP contribution in [0.15, 0.2) is 6.07 Å². The zero-order valence-corrected chi connectivity index (χ0v) is 12.2. The molecule has 2 aromatic rings. The van der Waals surface area contributed by atoms with Crippen molar-refractivity contribution in [1.82, 2.24) is 9.97 Å². The van der Waals surface area contributed by atoms with Gasteiger partial charge in [-0.1, -0.05) is 0 Å². The van der Waals surface area contributed by atoms with Gasteiger partial charge in [-0.05, 0) is 38.7 Å². The summed E-state index contributed by atoms with van der Waals surface area (Å²) in [6.07, 6.45) is 3.46. The minimum atomic E-state index is -0.150. The van der Waals surface area contributed by atoms with Gasteiger partial charge in [0.05, 0.1) is 11.5 Å². The molecule has 0 unspecified atom stereocenters. The minimum absolute atomic E-state index is 0.150. The molecule has 0 amide bonds. The number of aromatic nitrogens is 2. The molecule has 1 fully saturated rings. The Balaban J connectivity index is 1.89. The second-order valence-electron chi connectivity index (χ2n) is 5.27. The number of nitrogen functional groups attached to an aromatic ring is 1. The molecule has 0 spiro atoms. The van der Waals surface area contributed by atoms with E-state index >= 15 is 0 Å². The number of rotatable bonds is 3. The van der Waals surface area contributed by atoms with E-state index in [1.807, 2.05) is 0 Å². The van der Waals surface area contributed by atoms with Crippen LogP contribution in [0.5, 0.6) is 0 Å². The average molecular weight is 293 g/mol. The molecule has 0 radical (unpaired) electrons.